The first kappa shape index (κ1) is 24.7. The summed E-state index contributed by atoms with van der Waals surface area (Å²) in [5, 5.41) is 9.14. The van der Waals surface area contributed by atoms with Crippen LogP contribution in [-0.4, -0.2) is 16.7 Å². The Morgan fingerprint density at radius 2 is 1.74 bits per heavy atom. The highest BCUT2D eigenvalue weighted by atomic mass is 19.1. The Morgan fingerprint density at radius 3 is 2.34 bits per heavy atom. The molecule has 4 rings (SSSR count). The minimum atomic E-state index is -0.623. The molecular formula is C29H32FN3O2. The molecule has 1 saturated carbocycles. The van der Waals surface area contributed by atoms with Gasteiger partial charge in [0, 0.05) is 19.0 Å². The van der Waals surface area contributed by atoms with E-state index in [2.05, 4.69) is 6.92 Å². The van der Waals surface area contributed by atoms with Gasteiger partial charge in [0.2, 0.25) is 0 Å². The van der Waals surface area contributed by atoms with Gasteiger partial charge in [-0.15, -0.1) is 0 Å². The maximum Gasteiger partial charge on any atom is 0.261 e. The Balaban J connectivity index is 1.75. The van der Waals surface area contributed by atoms with E-state index in [0.717, 1.165) is 12.3 Å². The monoisotopic (exact) mass is 473 g/mol. The lowest BCUT2D eigenvalue weighted by atomic mass is 9.79. The first-order valence-corrected chi connectivity index (χ1v) is 12.4. The lowest BCUT2D eigenvalue weighted by Gasteiger charge is -2.27. The highest BCUT2D eigenvalue weighted by Gasteiger charge is 2.22. The van der Waals surface area contributed by atoms with Crippen molar-refractivity contribution in [3.63, 3.8) is 0 Å². The first-order valence-electron chi connectivity index (χ1n) is 12.4. The Kier molecular flexibility index (Phi) is 7.65. The van der Waals surface area contributed by atoms with Gasteiger partial charge in [-0.2, -0.15) is 5.26 Å². The highest BCUT2D eigenvalue weighted by molar-refractivity contribution is 5.80. The van der Waals surface area contributed by atoms with E-state index in [1.807, 2.05) is 18.2 Å². The first-order chi connectivity index (χ1) is 16.9. The summed E-state index contributed by atoms with van der Waals surface area (Å²) in [7, 11) is 3.35. The number of benzene rings is 2. The predicted molar refractivity (Wildman–Crippen MR) is 136 cm³/mol. The second kappa shape index (κ2) is 10.9. The van der Waals surface area contributed by atoms with Gasteiger partial charge in [-0.3, -0.25) is 9.36 Å². The quantitative estimate of drug-likeness (QED) is 0.405. The van der Waals surface area contributed by atoms with E-state index in [-0.39, 0.29) is 11.1 Å². The number of aryl methyl sites for hydroxylation is 1. The van der Waals surface area contributed by atoms with Crippen LogP contribution in [0.15, 0.2) is 47.3 Å². The molecule has 182 valence electrons. The lowest BCUT2D eigenvalue weighted by Crippen LogP contribution is -2.26. The van der Waals surface area contributed by atoms with Gasteiger partial charge in [-0.1, -0.05) is 57.2 Å². The summed E-state index contributed by atoms with van der Waals surface area (Å²) < 4.78 is 21.4. The molecule has 6 heteroatoms. The highest BCUT2D eigenvalue weighted by Crippen LogP contribution is 2.34. The molecule has 0 aliphatic heterocycles. The number of halogens is 1. The molecule has 1 aliphatic carbocycles. The van der Waals surface area contributed by atoms with Crippen LogP contribution >= 0.6 is 0 Å². The fourth-order valence-electron chi connectivity index (χ4n) is 5.11. The zero-order valence-corrected chi connectivity index (χ0v) is 20.7. The van der Waals surface area contributed by atoms with Crippen LogP contribution < -0.4 is 10.3 Å². The van der Waals surface area contributed by atoms with Gasteiger partial charge in [0.05, 0.1) is 23.9 Å². The largest absolute Gasteiger partial charge is 0.497 e. The molecule has 1 aromatic heterocycles. The molecule has 0 N–H and O–H groups in total. The summed E-state index contributed by atoms with van der Waals surface area (Å²) in [5.41, 5.74) is 1.80. The number of ether oxygens (including phenoxy) is 1. The fraction of sp³-hybridized carbons (Fsp3) is 0.414. The molecule has 2 aromatic carbocycles. The van der Waals surface area contributed by atoms with E-state index < -0.39 is 5.82 Å². The van der Waals surface area contributed by atoms with Crippen molar-refractivity contribution in [1.29, 1.82) is 5.26 Å². The third kappa shape index (κ3) is 5.30. The minimum absolute atomic E-state index is 0.0357. The zero-order chi connectivity index (χ0) is 24.9. The summed E-state index contributed by atoms with van der Waals surface area (Å²) in [6.07, 6.45) is 7.94. The topological polar surface area (TPSA) is 67.9 Å². The smallest absolute Gasteiger partial charge is 0.261 e. The second-order valence-corrected chi connectivity index (χ2v) is 9.48. The number of rotatable bonds is 7. The van der Waals surface area contributed by atoms with Gasteiger partial charge < -0.3 is 4.74 Å². The SMILES string of the molecule is CCC1CCC(CCc2nc(-c3ccc(C#N)c(F)c3)c(-c3ccc(OC)cc3)c(=O)n2C)CC1. The van der Waals surface area contributed by atoms with Crippen LogP contribution in [0.4, 0.5) is 4.39 Å². The average molecular weight is 474 g/mol. The van der Waals surface area contributed by atoms with Crippen molar-refractivity contribution in [2.45, 2.75) is 51.9 Å². The third-order valence-electron chi connectivity index (χ3n) is 7.44. The van der Waals surface area contributed by atoms with Crippen molar-refractivity contribution in [3.8, 4) is 34.2 Å². The third-order valence-corrected chi connectivity index (χ3v) is 7.44. The fourth-order valence-corrected chi connectivity index (χ4v) is 5.11. The van der Waals surface area contributed by atoms with Crippen LogP contribution in [0.25, 0.3) is 22.4 Å². The number of nitrogens with zero attached hydrogens (tertiary/aromatic N) is 3. The van der Waals surface area contributed by atoms with E-state index >= 15 is 0 Å². The van der Waals surface area contributed by atoms with Crippen LogP contribution in [0, 0.1) is 29.0 Å². The van der Waals surface area contributed by atoms with Crippen LogP contribution in [0.5, 0.6) is 5.75 Å². The Bertz CT molecular complexity index is 1280. The molecule has 35 heavy (non-hydrogen) atoms. The van der Waals surface area contributed by atoms with Gasteiger partial charge >= 0.3 is 0 Å². The minimum Gasteiger partial charge on any atom is -0.497 e. The average Bonchev–Trinajstić information content (AvgIpc) is 2.89. The summed E-state index contributed by atoms with van der Waals surface area (Å²) >= 11 is 0. The molecule has 5 nitrogen and oxygen atoms in total. The summed E-state index contributed by atoms with van der Waals surface area (Å²) in [4.78, 5) is 18.5. The lowest BCUT2D eigenvalue weighted by molar-refractivity contribution is 0.257. The van der Waals surface area contributed by atoms with Gasteiger partial charge in [-0.05, 0) is 48.1 Å². The molecule has 0 amide bonds. The molecule has 0 radical (unpaired) electrons. The molecular weight excluding hydrogens is 441 g/mol. The van der Waals surface area contributed by atoms with Crippen LogP contribution in [0.2, 0.25) is 0 Å². The maximum atomic E-state index is 14.6. The maximum absolute atomic E-state index is 14.6. The summed E-state index contributed by atoms with van der Waals surface area (Å²) in [6, 6.07) is 13.4. The molecule has 1 fully saturated rings. The van der Waals surface area contributed by atoms with Crippen LogP contribution in [-0.2, 0) is 13.5 Å². The van der Waals surface area contributed by atoms with Gasteiger partial charge in [-0.25, -0.2) is 9.37 Å². The Hall–Kier alpha value is -3.46. The zero-order valence-electron chi connectivity index (χ0n) is 20.7. The van der Waals surface area contributed by atoms with E-state index in [1.165, 1.54) is 44.2 Å². The molecule has 1 aliphatic rings. The molecule has 0 saturated heterocycles. The second-order valence-electron chi connectivity index (χ2n) is 9.48. The molecule has 1 heterocycles. The molecule has 0 atom stereocenters. The van der Waals surface area contributed by atoms with Gasteiger partial charge in [0.15, 0.2) is 0 Å². The van der Waals surface area contributed by atoms with E-state index in [9.17, 15) is 9.18 Å². The van der Waals surface area contributed by atoms with Gasteiger partial charge in [0.1, 0.15) is 23.5 Å². The van der Waals surface area contributed by atoms with Crippen molar-refractivity contribution in [3.05, 3.63) is 70.0 Å². The Labute approximate surface area is 206 Å². The molecule has 3 aromatic rings. The molecule has 0 spiro atoms. The van der Waals surface area contributed by atoms with E-state index in [1.54, 1.807) is 36.9 Å². The van der Waals surface area contributed by atoms with Crippen molar-refractivity contribution >= 4 is 0 Å². The van der Waals surface area contributed by atoms with Crippen molar-refractivity contribution in [1.82, 2.24) is 9.55 Å². The van der Waals surface area contributed by atoms with Crippen molar-refractivity contribution in [2.75, 3.05) is 7.11 Å². The number of nitriles is 1. The van der Waals surface area contributed by atoms with Crippen molar-refractivity contribution < 1.29 is 9.13 Å². The van der Waals surface area contributed by atoms with Crippen molar-refractivity contribution in [2.24, 2.45) is 18.9 Å². The van der Waals surface area contributed by atoms with Gasteiger partial charge in [0.25, 0.3) is 5.56 Å². The Morgan fingerprint density at radius 1 is 1.09 bits per heavy atom. The molecule has 0 bridgehead atoms. The number of methoxy groups -OCH3 is 1. The van der Waals surface area contributed by atoms with Crippen LogP contribution in [0.1, 0.15) is 56.8 Å². The molecule has 0 unspecified atom stereocenters. The standard InChI is InChI=1S/C29H32FN3O2/c1-4-19-5-7-20(8-6-19)9-16-26-32-28(22-10-11-23(18-31)25(30)17-22)27(29(34)33(26)2)21-12-14-24(35-3)15-13-21/h10-15,17,19-20H,4-9,16H2,1-3H3. The van der Waals surface area contributed by atoms with E-state index in [0.29, 0.717) is 46.3 Å². The van der Waals surface area contributed by atoms with Crippen LogP contribution in [0.3, 0.4) is 0 Å². The van der Waals surface area contributed by atoms with E-state index in [4.69, 9.17) is 15.0 Å². The summed E-state index contributed by atoms with van der Waals surface area (Å²) in [5.74, 6) is 2.24. The number of aromatic nitrogens is 2. The number of hydrogen-bond donors (Lipinski definition) is 0. The normalized spacial score (nSPS) is 17.7. The summed E-state index contributed by atoms with van der Waals surface area (Å²) in [6.45, 7) is 2.27. The number of hydrogen-bond acceptors (Lipinski definition) is 4. The predicted octanol–water partition coefficient (Wildman–Crippen LogP) is 6.28.